The van der Waals surface area contributed by atoms with Crippen molar-refractivity contribution >= 4 is 27.9 Å². The number of hydrogen-bond acceptors (Lipinski definition) is 8. The van der Waals surface area contributed by atoms with E-state index in [1.54, 1.807) is 24.5 Å². The third kappa shape index (κ3) is 3.99. The summed E-state index contributed by atoms with van der Waals surface area (Å²) in [4.78, 5) is 26.9. The van der Waals surface area contributed by atoms with Crippen LogP contribution in [0.4, 0.5) is 0 Å². The molecule has 1 aliphatic rings. The van der Waals surface area contributed by atoms with Crippen molar-refractivity contribution in [1.82, 2.24) is 4.90 Å². The second-order valence-electron chi connectivity index (χ2n) is 7.70. The molecule has 0 radical (unpaired) electrons. The molecule has 5 rings (SSSR count). The smallest absolute Gasteiger partial charge is 0.338 e. The van der Waals surface area contributed by atoms with Crippen molar-refractivity contribution in [3.63, 3.8) is 0 Å². The van der Waals surface area contributed by atoms with Crippen LogP contribution in [0.5, 0.6) is 5.75 Å². The first kappa shape index (κ1) is 21.2. The number of furan rings is 1. The normalized spacial score (nSPS) is 14.6. The van der Waals surface area contributed by atoms with Gasteiger partial charge in [0.25, 0.3) is 0 Å². The molecule has 3 heterocycles. The zero-order chi connectivity index (χ0) is 22.8. The van der Waals surface area contributed by atoms with E-state index in [1.807, 2.05) is 18.2 Å². The summed E-state index contributed by atoms with van der Waals surface area (Å²) in [5.74, 6) is -0.0890. The zero-order valence-corrected chi connectivity index (χ0v) is 18.2. The molecular formula is C25H23NO7. The Kier molecular flexibility index (Phi) is 5.85. The van der Waals surface area contributed by atoms with Gasteiger partial charge in [-0.15, -0.1) is 0 Å². The molecule has 0 bridgehead atoms. The van der Waals surface area contributed by atoms with Crippen LogP contribution in [0.15, 0.2) is 62.4 Å². The Balaban J connectivity index is 1.65. The molecule has 0 aliphatic carbocycles. The topological polar surface area (TPSA) is 91.3 Å². The molecule has 8 heteroatoms. The molecule has 0 unspecified atom stereocenters. The van der Waals surface area contributed by atoms with Crippen molar-refractivity contribution in [1.29, 1.82) is 0 Å². The molecule has 2 aromatic heterocycles. The van der Waals surface area contributed by atoms with Gasteiger partial charge in [-0.25, -0.2) is 9.59 Å². The minimum Gasteiger partial charge on any atom is -0.485 e. The van der Waals surface area contributed by atoms with Crippen molar-refractivity contribution in [2.75, 3.05) is 46.6 Å². The standard InChI is InChI=1S/C25H23NO7/c1-29-25(28)17-5-3-2-4-16(17)21-18-6-7-20(27)33-23(18)24(22-19(21)8-12-31-22)32-15-11-26-9-13-30-14-10-26/h2-8,12H,9-11,13-15H2,1H3. The van der Waals surface area contributed by atoms with E-state index in [4.69, 9.17) is 23.0 Å². The van der Waals surface area contributed by atoms with Crippen molar-refractivity contribution < 1.29 is 27.8 Å². The maximum Gasteiger partial charge on any atom is 0.338 e. The molecule has 0 saturated carbocycles. The highest BCUT2D eigenvalue weighted by Crippen LogP contribution is 2.44. The average molecular weight is 449 g/mol. The van der Waals surface area contributed by atoms with Gasteiger partial charge in [-0.3, -0.25) is 4.90 Å². The molecule has 4 aromatic rings. The van der Waals surface area contributed by atoms with Gasteiger partial charge in [-0.05, 0) is 23.8 Å². The van der Waals surface area contributed by atoms with Gasteiger partial charge in [0, 0.05) is 42.0 Å². The summed E-state index contributed by atoms with van der Waals surface area (Å²) in [7, 11) is 1.34. The number of hydrogen-bond donors (Lipinski definition) is 0. The summed E-state index contributed by atoms with van der Waals surface area (Å²) in [6.45, 7) is 4.19. The molecular weight excluding hydrogens is 426 g/mol. The second-order valence-corrected chi connectivity index (χ2v) is 7.70. The van der Waals surface area contributed by atoms with Gasteiger partial charge in [-0.2, -0.15) is 0 Å². The van der Waals surface area contributed by atoms with Gasteiger partial charge in [0.05, 0.1) is 32.2 Å². The molecule has 8 nitrogen and oxygen atoms in total. The first-order valence-electron chi connectivity index (χ1n) is 10.7. The fraction of sp³-hybridized carbons (Fsp3) is 0.280. The summed E-state index contributed by atoms with van der Waals surface area (Å²) in [5, 5.41) is 1.38. The highest BCUT2D eigenvalue weighted by atomic mass is 16.5. The van der Waals surface area contributed by atoms with Crippen molar-refractivity contribution in [2.24, 2.45) is 0 Å². The van der Waals surface area contributed by atoms with Gasteiger partial charge < -0.3 is 23.0 Å². The zero-order valence-electron chi connectivity index (χ0n) is 18.2. The number of esters is 1. The largest absolute Gasteiger partial charge is 0.485 e. The van der Waals surface area contributed by atoms with Crippen LogP contribution in [0.2, 0.25) is 0 Å². The number of fused-ring (bicyclic) bond motifs is 2. The number of methoxy groups -OCH3 is 1. The Hall–Kier alpha value is -3.62. The number of carbonyl (C=O) groups excluding carboxylic acids is 1. The van der Waals surface area contributed by atoms with Crippen LogP contribution >= 0.6 is 0 Å². The Morgan fingerprint density at radius 1 is 1.03 bits per heavy atom. The van der Waals surface area contributed by atoms with E-state index in [0.717, 1.165) is 18.5 Å². The molecule has 1 aliphatic heterocycles. The molecule has 33 heavy (non-hydrogen) atoms. The minimum atomic E-state index is -0.501. The molecule has 1 fully saturated rings. The first-order chi connectivity index (χ1) is 16.2. The van der Waals surface area contributed by atoms with E-state index in [1.165, 1.54) is 13.2 Å². The van der Waals surface area contributed by atoms with Crippen LogP contribution in [0.1, 0.15) is 10.4 Å². The monoisotopic (exact) mass is 449 g/mol. The molecule has 0 atom stereocenters. The SMILES string of the molecule is COC(=O)c1ccccc1-c1c2ccoc2c(OCCN2CCOCC2)c2oc(=O)ccc12. The summed E-state index contributed by atoms with van der Waals surface area (Å²) in [5.41, 5.74) is 1.98. The molecule has 170 valence electrons. The lowest BCUT2D eigenvalue weighted by Crippen LogP contribution is -2.38. The van der Waals surface area contributed by atoms with E-state index >= 15 is 0 Å². The first-order valence-corrected chi connectivity index (χ1v) is 10.7. The van der Waals surface area contributed by atoms with Crippen LogP contribution in [-0.2, 0) is 9.47 Å². The summed E-state index contributed by atoms with van der Waals surface area (Å²) in [6.07, 6.45) is 1.56. The number of morpholine rings is 1. The summed E-state index contributed by atoms with van der Waals surface area (Å²) < 4.78 is 27.9. The second kappa shape index (κ2) is 9.09. The number of ether oxygens (including phenoxy) is 3. The minimum absolute atomic E-state index is 0.279. The predicted molar refractivity (Wildman–Crippen MR) is 122 cm³/mol. The Bertz CT molecular complexity index is 1360. The summed E-state index contributed by atoms with van der Waals surface area (Å²) >= 11 is 0. The lowest BCUT2D eigenvalue weighted by molar-refractivity contribution is 0.0323. The van der Waals surface area contributed by atoms with Gasteiger partial charge in [0.2, 0.25) is 5.75 Å². The van der Waals surface area contributed by atoms with Crippen molar-refractivity contribution in [2.45, 2.75) is 0 Å². The highest BCUT2D eigenvalue weighted by Gasteiger charge is 2.24. The van der Waals surface area contributed by atoms with Crippen LogP contribution < -0.4 is 10.4 Å². The van der Waals surface area contributed by atoms with Gasteiger partial charge in [0.15, 0.2) is 11.2 Å². The quantitative estimate of drug-likeness (QED) is 0.325. The molecule has 0 N–H and O–H groups in total. The number of nitrogens with zero attached hydrogens (tertiary/aromatic N) is 1. The predicted octanol–water partition coefficient (Wildman–Crippen LogP) is 3.70. The molecule has 2 aromatic carbocycles. The van der Waals surface area contributed by atoms with E-state index < -0.39 is 11.6 Å². The fourth-order valence-electron chi connectivity index (χ4n) is 4.22. The van der Waals surface area contributed by atoms with E-state index in [-0.39, 0.29) is 5.58 Å². The summed E-state index contributed by atoms with van der Waals surface area (Å²) in [6, 6.07) is 12.0. The Morgan fingerprint density at radius 3 is 2.64 bits per heavy atom. The van der Waals surface area contributed by atoms with E-state index in [2.05, 4.69) is 4.90 Å². The highest BCUT2D eigenvalue weighted by molar-refractivity contribution is 6.16. The van der Waals surface area contributed by atoms with E-state index in [0.29, 0.717) is 59.8 Å². The van der Waals surface area contributed by atoms with Crippen molar-refractivity contribution in [3.05, 3.63) is 64.7 Å². The number of carbonyl (C=O) groups is 1. The fourth-order valence-corrected chi connectivity index (χ4v) is 4.22. The molecule has 0 spiro atoms. The Morgan fingerprint density at radius 2 is 1.82 bits per heavy atom. The van der Waals surface area contributed by atoms with Crippen LogP contribution in [0.25, 0.3) is 33.1 Å². The van der Waals surface area contributed by atoms with Crippen LogP contribution in [0, 0.1) is 0 Å². The average Bonchev–Trinajstić information content (AvgIpc) is 3.33. The number of rotatable bonds is 6. The van der Waals surface area contributed by atoms with Crippen LogP contribution in [0.3, 0.4) is 0 Å². The van der Waals surface area contributed by atoms with Gasteiger partial charge in [0.1, 0.15) is 6.61 Å². The maximum absolute atomic E-state index is 12.5. The van der Waals surface area contributed by atoms with Gasteiger partial charge in [-0.1, -0.05) is 18.2 Å². The van der Waals surface area contributed by atoms with E-state index in [9.17, 15) is 9.59 Å². The van der Waals surface area contributed by atoms with Crippen LogP contribution in [-0.4, -0.2) is 57.4 Å². The number of benzene rings is 2. The third-order valence-electron chi connectivity index (χ3n) is 5.81. The van der Waals surface area contributed by atoms with Crippen molar-refractivity contribution in [3.8, 4) is 16.9 Å². The Labute approximate surface area is 189 Å². The van der Waals surface area contributed by atoms with Gasteiger partial charge >= 0.3 is 11.6 Å². The molecule has 1 saturated heterocycles. The lowest BCUT2D eigenvalue weighted by atomic mass is 9.93. The third-order valence-corrected chi connectivity index (χ3v) is 5.81. The maximum atomic E-state index is 12.5. The lowest BCUT2D eigenvalue weighted by Gasteiger charge is -2.26. The molecule has 0 amide bonds.